The number of amides is 1. The zero-order valence-electron chi connectivity index (χ0n) is 11.9. The Balaban J connectivity index is 2.08. The summed E-state index contributed by atoms with van der Waals surface area (Å²) in [6.45, 7) is 3.33. The number of carbonyl (C=O) groups excluding carboxylic acids is 1. The Morgan fingerprint density at radius 3 is 2.67 bits per heavy atom. The van der Waals surface area contributed by atoms with Crippen molar-refractivity contribution in [1.82, 2.24) is 9.55 Å². The van der Waals surface area contributed by atoms with Crippen LogP contribution in [0.3, 0.4) is 0 Å². The number of carbonyl (C=O) groups is 1. The van der Waals surface area contributed by atoms with Gasteiger partial charge in [0, 0.05) is 12.4 Å². The van der Waals surface area contributed by atoms with E-state index in [0.29, 0.717) is 12.6 Å². The molecule has 1 aliphatic heterocycles. The molecule has 4 atom stereocenters. The van der Waals surface area contributed by atoms with E-state index in [1.54, 1.807) is 13.3 Å². The SMILES string of the molecule is CP(C)(=O)CCC1OC(n2cnc(C(N)=O)c2)C(O)C1O. The van der Waals surface area contributed by atoms with Crippen LogP contribution in [-0.4, -0.2) is 63.5 Å². The molecule has 118 valence electrons. The van der Waals surface area contributed by atoms with Crippen molar-refractivity contribution in [2.45, 2.75) is 31.0 Å². The Hall–Kier alpha value is -1.21. The van der Waals surface area contributed by atoms with Gasteiger partial charge in [0.05, 0.1) is 19.6 Å². The number of aliphatic hydroxyl groups excluding tert-OH is 2. The van der Waals surface area contributed by atoms with Crippen LogP contribution in [0.4, 0.5) is 0 Å². The fourth-order valence-electron chi connectivity index (χ4n) is 2.26. The number of rotatable bonds is 5. The molecule has 21 heavy (non-hydrogen) atoms. The molecule has 0 spiro atoms. The second-order valence-corrected chi connectivity index (χ2v) is 9.30. The molecule has 1 aromatic rings. The van der Waals surface area contributed by atoms with Crippen molar-refractivity contribution in [2.75, 3.05) is 19.5 Å². The first kappa shape index (κ1) is 16.2. The highest BCUT2D eigenvalue weighted by Crippen LogP contribution is 2.39. The van der Waals surface area contributed by atoms with Crippen molar-refractivity contribution < 1.29 is 24.3 Å². The summed E-state index contributed by atoms with van der Waals surface area (Å²) in [6, 6.07) is 0. The van der Waals surface area contributed by atoms with Gasteiger partial charge in [-0.05, 0) is 19.8 Å². The fraction of sp³-hybridized carbons (Fsp3) is 0.667. The largest absolute Gasteiger partial charge is 0.388 e. The Kier molecular flexibility index (Phi) is 4.53. The summed E-state index contributed by atoms with van der Waals surface area (Å²) < 4.78 is 18.7. The average molecular weight is 317 g/mol. The highest BCUT2D eigenvalue weighted by molar-refractivity contribution is 7.62. The maximum atomic E-state index is 11.7. The van der Waals surface area contributed by atoms with Gasteiger partial charge in [-0.15, -0.1) is 0 Å². The average Bonchev–Trinajstić information content (AvgIpc) is 2.94. The van der Waals surface area contributed by atoms with Crippen LogP contribution in [0.1, 0.15) is 23.1 Å². The molecule has 1 saturated heterocycles. The van der Waals surface area contributed by atoms with Crippen LogP contribution >= 0.6 is 7.14 Å². The van der Waals surface area contributed by atoms with Gasteiger partial charge in [-0.2, -0.15) is 0 Å². The van der Waals surface area contributed by atoms with Gasteiger partial charge < -0.3 is 29.8 Å². The van der Waals surface area contributed by atoms with Gasteiger partial charge in [-0.25, -0.2) is 4.98 Å². The Morgan fingerprint density at radius 2 is 2.14 bits per heavy atom. The van der Waals surface area contributed by atoms with Crippen molar-refractivity contribution in [3.8, 4) is 0 Å². The molecule has 1 fully saturated rings. The van der Waals surface area contributed by atoms with Gasteiger partial charge in [-0.3, -0.25) is 4.79 Å². The van der Waals surface area contributed by atoms with Gasteiger partial charge in [0.2, 0.25) is 0 Å². The zero-order chi connectivity index (χ0) is 15.8. The summed E-state index contributed by atoms with van der Waals surface area (Å²) in [4.78, 5) is 14.8. The lowest BCUT2D eigenvalue weighted by Gasteiger charge is -2.16. The van der Waals surface area contributed by atoms with Crippen LogP contribution in [0.2, 0.25) is 0 Å². The Bertz CT molecular complexity index is 569. The number of imidazole rings is 1. The molecule has 2 heterocycles. The standard InChI is InChI=1S/C12H20N3O5P/c1-21(2,19)4-3-8-9(16)10(17)12(20-8)15-5-7(11(13)18)14-6-15/h5-6,8-10,12,16-17H,3-4H2,1-2H3,(H2,13,18). The number of aliphatic hydroxyl groups is 2. The topological polar surface area (TPSA) is 128 Å². The lowest BCUT2D eigenvalue weighted by molar-refractivity contribution is -0.0375. The van der Waals surface area contributed by atoms with Crippen molar-refractivity contribution in [3.63, 3.8) is 0 Å². The van der Waals surface area contributed by atoms with E-state index < -0.39 is 37.6 Å². The van der Waals surface area contributed by atoms with Crippen LogP contribution in [-0.2, 0) is 9.30 Å². The van der Waals surface area contributed by atoms with E-state index in [0.717, 1.165) is 0 Å². The first-order valence-corrected chi connectivity index (χ1v) is 9.36. The first-order chi connectivity index (χ1) is 9.69. The molecule has 9 heteroatoms. The van der Waals surface area contributed by atoms with E-state index in [1.165, 1.54) is 17.1 Å². The van der Waals surface area contributed by atoms with E-state index in [-0.39, 0.29) is 5.69 Å². The number of nitrogens with zero attached hydrogens (tertiary/aromatic N) is 2. The first-order valence-electron chi connectivity index (χ1n) is 6.58. The van der Waals surface area contributed by atoms with Gasteiger partial charge in [0.1, 0.15) is 17.9 Å². The lowest BCUT2D eigenvalue weighted by Crippen LogP contribution is -2.31. The molecule has 1 aromatic heterocycles. The second-order valence-electron chi connectivity index (χ2n) is 5.70. The molecule has 0 radical (unpaired) electrons. The number of nitrogens with two attached hydrogens (primary N) is 1. The number of aromatic nitrogens is 2. The summed E-state index contributed by atoms with van der Waals surface area (Å²) in [5.41, 5.74) is 5.16. The van der Waals surface area contributed by atoms with E-state index in [1.807, 2.05) is 0 Å². The molecular weight excluding hydrogens is 297 g/mol. The lowest BCUT2D eigenvalue weighted by atomic mass is 10.1. The third-order valence-electron chi connectivity index (χ3n) is 3.44. The number of hydrogen-bond acceptors (Lipinski definition) is 6. The Morgan fingerprint density at radius 1 is 1.48 bits per heavy atom. The van der Waals surface area contributed by atoms with Crippen LogP contribution in [0.5, 0.6) is 0 Å². The molecule has 0 saturated carbocycles. The number of primary amides is 1. The molecule has 4 N–H and O–H groups in total. The second kappa shape index (κ2) is 5.88. The molecule has 2 rings (SSSR count). The summed E-state index contributed by atoms with van der Waals surface area (Å²) in [5.74, 6) is -0.684. The quantitative estimate of drug-likeness (QED) is 0.635. The molecule has 1 amide bonds. The third-order valence-corrected chi connectivity index (χ3v) is 4.77. The maximum absolute atomic E-state index is 11.7. The van der Waals surface area contributed by atoms with Crippen LogP contribution in [0.25, 0.3) is 0 Å². The number of ether oxygens (including phenoxy) is 1. The predicted octanol–water partition coefficient (Wildman–Crippen LogP) is -0.386. The monoisotopic (exact) mass is 317 g/mol. The molecule has 1 aliphatic rings. The number of hydrogen-bond donors (Lipinski definition) is 3. The van der Waals surface area contributed by atoms with Gasteiger partial charge in [-0.1, -0.05) is 0 Å². The fourth-order valence-corrected chi connectivity index (χ4v) is 3.13. The molecule has 0 bridgehead atoms. The summed E-state index contributed by atoms with van der Waals surface area (Å²) in [6.07, 6.45) is -0.222. The molecule has 0 aromatic carbocycles. The van der Waals surface area contributed by atoms with Crippen molar-refractivity contribution in [2.24, 2.45) is 5.73 Å². The smallest absolute Gasteiger partial charge is 0.268 e. The van der Waals surface area contributed by atoms with E-state index in [4.69, 9.17) is 10.5 Å². The maximum Gasteiger partial charge on any atom is 0.268 e. The molecule has 0 aliphatic carbocycles. The van der Waals surface area contributed by atoms with E-state index in [2.05, 4.69) is 4.98 Å². The molecular formula is C12H20N3O5P. The molecule has 8 nitrogen and oxygen atoms in total. The zero-order valence-corrected chi connectivity index (χ0v) is 12.8. The molecule has 4 unspecified atom stereocenters. The minimum absolute atomic E-state index is 0.0513. The van der Waals surface area contributed by atoms with Gasteiger partial charge in [0.15, 0.2) is 6.23 Å². The van der Waals surface area contributed by atoms with Crippen molar-refractivity contribution in [3.05, 3.63) is 18.2 Å². The summed E-state index contributed by atoms with van der Waals surface area (Å²) >= 11 is 0. The van der Waals surface area contributed by atoms with Crippen LogP contribution in [0, 0.1) is 0 Å². The Labute approximate surface area is 122 Å². The highest BCUT2D eigenvalue weighted by Gasteiger charge is 2.43. The summed E-state index contributed by atoms with van der Waals surface area (Å²) in [5, 5.41) is 20.1. The van der Waals surface area contributed by atoms with E-state index >= 15 is 0 Å². The van der Waals surface area contributed by atoms with E-state index in [9.17, 15) is 19.6 Å². The third kappa shape index (κ3) is 3.71. The van der Waals surface area contributed by atoms with Crippen LogP contribution in [0.15, 0.2) is 12.5 Å². The minimum Gasteiger partial charge on any atom is -0.388 e. The normalized spacial score (nSPS) is 29.7. The van der Waals surface area contributed by atoms with Crippen molar-refractivity contribution in [1.29, 1.82) is 0 Å². The minimum atomic E-state index is -2.22. The van der Waals surface area contributed by atoms with Crippen molar-refractivity contribution >= 4 is 13.0 Å². The van der Waals surface area contributed by atoms with Gasteiger partial charge in [0.25, 0.3) is 5.91 Å². The predicted molar refractivity (Wildman–Crippen MR) is 75.6 cm³/mol. The van der Waals surface area contributed by atoms with Crippen LogP contribution < -0.4 is 5.73 Å². The summed E-state index contributed by atoms with van der Waals surface area (Å²) in [7, 11) is -2.22. The highest BCUT2D eigenvalue weighted by atomic mass is 31.2. The van der Waals surface area contributed by atoms with Gasteiger partial charge >= 0.3 is 0 Å².